The normalized spacial score (nSPS) is 19.4. The average Bonchev–Trinajstić information content (AvgIpc) is 2.68. The van der Waals surface area contributed by atoms with Crippen LogP contribution >= 0.6 is 0 Å². The minimum Gasteiger partial charge on any atom is -0.459 e. The van der Waals surface area contributed by atoms with E-state index in [0.29, 0.717) is 48.2 Å². The summed E-state index contributed by atoms with van der Waals surface area (Å²) in [6.07, 6.45) is -2.30. The lowest BCUT2D eigenvalue weighted by atomic mass is 9.95. The number of anilines is 2. The Bertz CT molecular complexity index is 843. The molecule has 1 aliphatic carbocycles. The van der Waals surface area contributed by atoms with E-state index < -0.39 is 17.7 Å². The number of alkyl halides is 3. The molecule has 1 saturated carbocycles. The first kappa shape index (κ1) is 21.9. The van der Waals surface area contributed by atoms with Crippen LogP contribution in [0.2, 0.25) is 0 Å². The summed E-state index contributed by atoms with van der Waals surface area (Å²) in [4.78, 5) is 22.8. The molecular formula is C21H23F3N2O4. The molecule has 0 atom stereocenters. The standard InChI is InChI=1S/C21H23F3N2O4/c22-21(23,24)15-3-1-13(2-4-15)12-28-30-19-7-5-18(6-8-19)29-20(27)14-9-16(25)11-17(26)10-14/h1-4,9-11,18-19H,5-8,12,25-26H2. The molecule has 0 aliphatic heterocycles. The maximum absolute atomic E-state index is 12.6. The fourth-order valence-corrected chi connectivity index (χ4v) is 3.25. The lowest BCUT2D eigenvalue weighted by Gasteiger charge is -2.27. The van der Waals surface area contributed by atoms with E-state index in [1.165, 1.54) is 24.3 Å². The predicted octanol–water partition coefficient (Wildman–Crippen LogP) is 4.49. The van der Waals surface area contributed by atoms with Crippen molar-refractivity contribution < 1.29 is 32.5 Å². The number of halogens is 3. The number of carbonyl (C=O) groups excluding carboxylic acids is 1. The van der Waals surface area contributed by atoms with Gasteiger partial charge in [-0.05, 0) is 61.6 Å². The zero-order valence-corrected chi connectivity index (χ0v) is 16.2. The summed E-state index contributed by atoms with van der Waals surface area (Å²) in [5.74, 6) is -0.475. The number of hydrogen-bond acceptors (Lipinski definition) is 6. The molecule has 1 fully saturated rings. The summed E-state index contributed by atoms with van der Waals surface area (Å²) in [5.41, 5.74) is 12.4. The van der Waals surface area contributed by atoms with Crippen LogP contribution < -0.4 is 11.5 Å². The molecule has 0 aromatic heterocycles. The molecule has 1 aliphatic rings. The molecule has 162 valence electrons. The topological polar surface area (TPSA) is 96.8 Å². The van der Waals surface area contributed by atoms with E-state index in [1.54, 1.807) is 6.07 Å². The Hall–Kier alpha value is -2.78. The molecule has 0 radical (unpaired) electrons. The van der Waals surface area contributed by atoms with E-state index in [4.69, 9.17) is 26.0 Å². The second kappa shape index (κ2) is 9.36. The van der Waals surface area contributed by atoms with Gasteiger partial charge < -0.3 is 16.2 Å². The molecular weight excluding hydrogens is 401 g/mol. The molecule has 3 rings (SSSR count). The van der Waals surface area contributed by atoms with Crippen molar-refractivity contribution in [2.45, 2.75) is 50.7 Å². The van der Waals surface area contributed by atoms with Crippen LogP contribution in [0.5, 0.6) is 0 Å². The summed E-state index contributed by atoms with van der Waals surface area (Å²) in [7, 11) is 0. The Balaban J connectivity index is 1.39. The van der Waals surface area contributed by atoms with Crippen LogP contribution in [0.3, 0.4) is 0 Å². The van der Waals surface area contributed by atoms with Crippen LogP contribution in [0.25, 0.3) is 0 Å². The summed E-state index contributed by atoms with van der Waals surface area (Å²) in [6, 6.07) is 9.31. The highest BCUT2D eigenvalue weighted by Gasteiger charge is 2.30. The second-order valence-electron chi connectivity index (χ2n) is 7.25. The van der Waals surface area contributed by atoms with Crippen molar-refractivity contribution in [3.8, 4) is 0 Å². The monoisotopic (exact) mass is 424 g/mol. The van der Waals surface area contributed by atoms with E-state index in [1.807, 2.05) is 0 Å². The number of rotatable bonds is 6. The number of nitrogen functional groups attached to an aromatic ring is 2. The van der Waals surface area contributed by atoms with Gasteiger partial charge in [0.2, 0.25) is 0 Å². The number of benzene rings is 2. The van der Waals surface area contributed by atoms with Crippen LogP contribution in [0.1, 0.15) is 47.2 Å². The number of esters is 1. The van der Waals surface area contributed by atoms with Crippen molar-refractivity contribution in [3.63, 3.8) is 0 Å². The van der Waals surface area contributed by atoms with E-state index in [-0.39, 0.29) is 18.8 Å². The zero-order chi connectivity index (χ0) is 21.7. The molecule has 0 saturated heterocycles. The summed E-state index contributed by atoms with van der Waals surface area (Å²) in [5, 5.41) is 0. The molecule has 0 heterocycles. The first-order chi connectivity index (χ1) is 14.2. The maximum atomic E-state index is 12.6. The van der Waals surface area contributed by atoms with Crippen LogP contribution in [-0.2, 0) is 27.3 Å². The van der Waals surface area contributed by atoms with Gasteiger partial charge in [0, 0.05) is 11.4 Å². The Morgan fingerprint density at radius 3 is 2.07 bits per heavy atom. The molecule has 0 unspecified atom stereocenters. The zero-order valence-electron chi connectivity index (χ0n) is 16.2. The van der Waals surface area contributed by atoms with E-state index in [0.717, 1.165) is 12.1 Å². The smallest absolute Gasteiger partial charge is 0.416 e. The number of hydrogen-bond donors (Lipinski definition) is 2. The molecule has 4 N–H and O–H groups in total. The molecule has 2 aromatic rings. The van der Waals surface area contributed by atoms with Gasteiger partial charge >= 0.3 is 12.1 Å². The van der Waals surface area contributed by atoms with Gasteiger partial charge in [0.25, 0.3) is 0 Å². The van der Waals surface area contributed by atoms with Gasteiger partial charge in [-0.15, -0.1) is 0 Å². The third kappa shape index (κ3) is 6.11. The highest BCUT2D eigenvalue weighted by atomic mass is 19.4. The molecule has 0 amide bonds. The molecule has 30 heavy (non-hydrogen) atoms. The summed E-state index contributed by atoms with van der Waals surface area (Å²) < 4.78 is 43.2. The van der Waals surface area contributed by atoms with Gasteiger partial charge in [-0.25, -0.2) is 14.6 Å². The Morgan fingerprint density at radius 2 is 1.50 bits per heavy atom. The van der Waals surface area contributed by atoms with Crippen molar-refractivity contribution in [2.75, 3.05) is 11.5 Å². The van der Waals surface area contributed by atoms with Crippen molar-refractivity contribution in [1.29, 1.82) is 0 Å². The van der Waals surface area contributed by atoms with E-state index in [9.17, 15) is 18.0 Å². The Labute approximate surface area is 171 Å². The summed E-state index contributed by atoms with van der Waals surface area (Å²) in [6.45, 7) is 0.0455. The average molecular weight is 424 g/mol. The Morgan fingerprint density at radius 1 is 0.933 bits per heavy atom. The van der Waals surface area contributed by atoms with E-state index >= 15 is 0 Å². The van der Waals surface area contributed by atoms with Crippen LogP contribution in [0.15, 0.2) is 42.5 Å². The summed E-state index contributed by atoms with van der Waals surface area (Å²) >= 11 is 0. The van der Waals surface area contributed by atoms with Crippen molar-refractivity contribution in [2.24, 2.45) is 0 Å². The van der Waals surface area contributed by atoms with Crippen molar-refractivity contribution >= 4 is 17.3 Å². The maximum Gasteiger partial charge on any atom is 0.416 e. The predicted molar refractivity (Wildman–Crippen MR) is 104 cm³/mol. The third-order valence-electron chi connectivity index (χ3n) is 4.82. The lowest BCUT2D eigenvalue weighted by molar-refractivity contribution is -0.338. The molecule has 2 aromatic carbocycles. The van der Waals surface area contributed by atoms with Crippen LogP contribution in [0, 0.1) is 0 Å². The minimum atomic E-state index is -4.36. The SMILES string of the molecule is Nc1cc(N)cc(C(=O)OC2CCC(OOCc3ccc(C(F)(F)F)cc3)CC2)c1. The largest absolute Gasteiger partial charge is 0.459 e. The highest BCUT2D eigenvalue weighted by Crippen LogP contribution is 2.29. The minimum absolute atomic E-state index is 0.0455. The van der Waals surface area contributed by atoms with Gasteiger partial charge in [-0.3, -0.25) is 0 Å². The number of nitrogens with two attached hydrogens (primary N) is 2. The fraction of sp³-hybridized carbons (Fsp3) is 0.381. The Kier molecular flexibility index (Phi) is 6.84. The van der Waals surface area contributed by atoms with Gasteiger partial charge in [-0.2, -0.15) is 13.2 Å². The quantitative estimate of drug-likeness (QED) is 0.307. The molecule has 0 bridgehead atoms. The second-order valence-corrected chi connectivity index (χ2v) is 7.25. The molecule has 6 nitrogen and oxygen atoms in total. The first-order valence-corrected chi connectivity index (χ1v) is 9.52. The fourth-order valence-electron chi connectivity index (χ4n) is 3.25. The number of carbonyl (C=O) groups is 1. The van der Waals surface area contributed by atoms with Crippen molar-refractivity contribution in [3.05, 3.63) is 59.2 Å². The van der Waals surface area contributed by atoms with E-state index in [2.05, 4.69) is 0 Å². The molecule has 9 heteroatoms. The highest BCUT2D eigenvalue weighted by molar-refractivity contribution is 5.91. The van der Waals surface area contributed by atoms with Gasteiger partial charge in [0.15, 0.2) is 0 Å². The third-order valence-corrected chi connectivity index (χ3v) is 4.82. The lowest BCUT2D eigenvalue weighted by Crippen LogP contribution is -2.28. The van der Waals surface area contributed by atoms with Crippen LogP contribution in [-0.4, -0.2) is 18.2 Å². The molecule has 0 spiro atoms. The first-order valence-electron chi connectivity index (χ1n) is 9.52. The van der Waals surface area contributed by atoms with Gasteiger partial charge in [0.05, 0.1) is 17.2 Å². The van der Waals surface area contributed by atoms with Gasteiger partial charge in [-0.1, -0.05) is 12.1 Å². The number of ether oxygens (including phenoxy) is 1. The van der Waals surface area contributed by atoms with Crippen LogP contribution in [0.4, 0.5) is 24.5 Å². The van der Waals surface area contributed by atoms with Crippen molar-refractivity contribution in [1.82, 2.24) is 0 Å². The van der Waals surface area contributed by atoms with Gasteiger partial charge in [0.1, 0.15) is 12.7 Å².